The van der Waals surface area contributed by atoms with Crippen LogP contribution in [0.15, 0.2) is 59.5 Å². The molecule has 27 heavy (non-hydrogen) atoms. The summed E-state index contributed by atoms with van der Waals surface area (Å²) in [6.45, 7) is 3.63. The summed E-state index contributed by atoms with van der Waals surface area (Å²) in [7, 11) is 0. The lowest BCUT2D eigenvalue weighted by Crippen LogP contribution is -2.14. The monoisotopic (exact) mass is 396 g/mol. The molecule has 0 aliphatic heterocycles. The van der Waals surface area contributed by atoms with Crippen molar-refractivity contribution in [2.24, 2.45) is 0 Å². The maximum Gasteiger partial charge on any atom is 0.230 e. The Morgan fingerprint density at radius 3 is 2.41 bits per heavy atom. The lowest BCUT2D eigenvalue weighted by atomic mass is 10.1. The van der Waals surface area contributed by atoms with E-state index in [1.54, 1.807) is 11.8 Å². The Bertz CT molecular complexity index is 935. The predicted octanol–water partition coefficient (Wildman–Crippen LogP) is 5.31. The Morgan fingerprint density at radius 1 is 1.07 bits per heavy atom. The average molecular weight is 397 g/mol. The van der Waals surface area contributed by atoms with Gasteiger partial charge in [-0.1, -0.05) is 60.7 Å². The van der Waals surface area contributed by atoms with Gasteiger partial charge in [-0.15, -0.1) is 11.8 Å². The van der Waals surface area contributed by atoms with Gasteiger partial charge in [0.05, 0.1) is 17.0 Å². The van der Waals surface area contributed by atoms with Crippen LogP contribution >= 0.6 is 23.1 Å². The molecule has 0 aliphatic rings. The van der Waals surface area contributed by atoms with Gasteiger partial charge in [0.1, 0.15) is 0 Å². The number of anilines is 1. The molecule has 138 valence electrons. The molecule has 1 amide bonds. The number of thiazole rings is 1. The molecule has 0 aliphatic carbocycles. The Balaban J connectivity index is 1.73. The molecule has 3 aromatic rings. The van der Waals surface area contributed by atoms with Crippen molar-refractivity contribution in [1.82, 2.24) is 4.98 Å². The number of ketones is 1. The molecular formula is C21H20N2O2S2. The van der Waals surface area contributed by atoms with Crippen molar-refractivity contribution in [3.63, 3.8) is 0 Å². The van der Waals surface area contributed by atoms with Crippen LogP contribution in [0.5, 0.6) is 0 Å². The molecule has 0 saturated heterocycles. The zero-order valence-corrected chi connectivity index (χ0v) is 16.8. The van der Waals surface area contributed by atoms with Crippen LogP contribution in [0.1, 0.15) is 29.1 Å². The fourth-order valence-corrected chi connectivity index (χ4v) is 4.18. The van der Waals surface area contributed by atoms with Crippen molar-refractivity contribution in [1.29, 1.82) is 0 Å². The normalized spacial score (nSPS) is 10.6. The second-order valence-corrected chi connectivity index (χ2v) is 8.26. The van der Waals surface area contributed by atoms with E-state index in [0.29, 0.717) is 15.7 Å². The van der Waals surface area contributed by atoms with E-state index in [9.17, 15) is 9.59 Å². The number of hydrogen-bond acceptors (Lipinski definition) is 5. The third kappa shape index (κ3) is 5.05. The molecule has 0 bridgehead atoms. The smallest absolute Gasteiger partial charge is 0.230 e. The number of aromatic nitrogens is 1. The van der Waals surface area contributed by atoms with Gasteiger partial charge < -0.3 is 5.32 Å². The molecule has 2 aromatic carbocycles. The van der Waals surface area contributed by atoms with Crippen LogP contribution in [0, 0.1) is 0 Å². The van der Waals surface area contributed by atoms with E-state index in [0.717, 1.165) is 16.9 Å². The molecule has 3 rings (SSSR count). The number of Topliss-reactive ketones (excluding diaryl/α,β-unsaturated/α-hetero) is 1. The van der Waals surface area contributed by atoms with Gasteiger partial charge in [0, 0.05) is 17.4 Å². The molecule has 0 unspecified atom stereocenters. The van der Waals surface area contributed by atoms with Crippen LogP contribution in [0.25, 0.3) is 11.3 Å². The fourth-order valence-electron chi connectivity index (χ4n) is 2.62. The minimum absolute atomic E-state index is 0.0594. The average Bonchev–Trinajstić information content (AvgIpc) is 3.08. The van der Waals surface area contributed by atoms with Crippen molar-refractivity contribution in [2.75, 3.05) is 11.1 Å². The summed E-state index contributed by atoms with van der Waals surface area (Å²) in [4.78, 5) is 30.6. The number of carbonyl (C=O) groups excluding carboxylic acids is 2. The van der Waals surface area contributed by atoms with E-state index in [-0.39, 0.29) is 18.1 Å². The van der Waals surface area contributed by atoms with Crippen LogP contribution in [0.4, 0.5) is 5.13 Å². The number of benzene rings is 2. The quantitative estimate of drug-likeness (QED) is 0.434. The summed E-state index contributed by atoms with van der Waals surface area (Å²) in [5.41, 5.74) is 2.42. The first-order valence-corrected chi connectivity index (χ1v) is 10.5. The Labute approximate surface area is 167 Å². The number of carbonyl (C=O) groups is 2. The molecule has 0 radical (unpaired) electrons. The molecule has 0 spiro atoms. The fraction of sp³-hybridized carbons (Fsp3) is 0.190. The number of hydrogen-bond donors (Lipinski definition) is 1. The first kappa shape index (κ1) is 19.3. The maximum absolute atomic E-state index is 12.4. The van der Waals surface area contributed by atoms with Crippen molar-refractivity contribution >= 4 is 39.9 Å². The van der Waals surface area contributed by atoms with Gasteiger partial charge in [-0.2, -0.15) is 0 Å². The van der Waals surface area contributed by atoms with E-state index >= 15 is 0 Å². The van der Waals surface area contributed by atoms with Crippen molar-refractivity contribution in [3.05, 3.63) is 65.0 Å². The number of nitrogens with one attached hydrogen (secondary N) is 1. The van der Waals surface area contributed by atoms with Gasteiger partial charge >= 0.3 is 0 Å². The Hall–Kier alpha value is -2.44. The van der Waals surface area contributed by atoms with E-state index in [1.165, 1.54) is 23.2 Å². The molecule has 0 fully saturated rings. The molecule has 1 N–H and O–H groups in total. The van der Waals surface area contributed by atoms with E-state index in [4.69, 9.17) is 0 Å². The Morgan fingerprint density at radius 2 is 1.78 bits per heavy atom. The van der Waals surface area contributed by atoms with E-state index in [1.807, 2.05) is 54.6 Å². The van der Waals surface area contributed by atoms with Gasteiger partial charge in [0.15, 0.2) is 10.9 Å². The second-order valence-electron chi connectivity index (χ2n) is 5.92. The van der Waals surface area contributed by atoms with Gasteiger partial charge in [0.25, 0.3) is 0 Å². The zero-order chi connectivity index (χ0) is 19.2. The maximum atomic E-state index is 12.4. The highest BCUT2D eigenvalue weighted by atomic mass is 32.2. The number of rotatable bonds is 7. The van der Waals surface area contributed by atoms with Gasteiger partial charge in [-0.3, -0.25) is 9.59 Å². The molecular weight excluding hydrogens is 376 g/mol. The van der Waals surface area contributed by atoms with Crippen LogP contribution in [-0.2, 0) is 11.2 Å². The molecule has 6 heteroatoms. The molecule has 0 atom stereocenters. The summed E-state index contributed by atoms with van der Waals surface area (Å²) in [5.74, 6) is 0.816. The molecule has 0 saturated carbocycles. The van der Waals surface area contributed by atoms with Gasteiger partial charge in [-0.25, -0.2) is 4.98 Å². The minimum Gasteiger partial charge on any atom is -0.302 e. The van der Waals surface area contributed by atoms with Crippen LogP contribution in [0.3, 0.4) is 0 Å². The van der Waals surface area contributed by atoms with Gasteiger partial charge in [0.2, 0.25) is 5.91 Å². The van der Waals surface area contributed by atoms with E-state index < -0.39 is 0 Å². The summed E-state index contributed by atoms with van der Waals surface area (Å²) in [6, 6.07) is 17.5. The number of thioether (sulfide) groups is 1. The lowest BCUT2D eigenvalue weighted by molar-refractivity contribution is -0.115. The first-order valence-electron chi connectivity index (χ1n) is 8.65. The van der Waals surface area contributed by atoms with Crippen molar-refractivity contribution in [2.45, 2.75) is 25.2 Å². The summed E-state index contributed by atoms with van der Waals surface area (Å²) < 4.78 is 0. The summed E-state index contributed by atoms with van der Waals surface area (Å²) in [6.07, 6.45) is 0.271. The molecule has 4 nitrogen and oxygen atoms in total. The lowest BCUT2D eigenvalue weighted by Gasteiger charge is -2.03. The third-order valence-corrected chi connectivity index (χ3v) is 5.81. The first-order chi connectivity index (χ1) is 13.1. The van der Waals surface area contributed by atoms with Gasteiger partial charge in [-0.05, 0) is 23.4 Å². The predicted molar refractivity (Wildman–Crippen MR) is 113 cm³/mol. The second kappa shape index (κ2) is 8.97. The van der Waals surface area contributed by atoms with Crippen molar-refractivity contribution in [3.8, 4) is 11.3 Å². The largest absolute Gasteiger partial charge is 0.302 e. The number of amides is 1. The third-order valence-electron chi connectivity index (χ3n) is 3.84. The van der Waals surface area contributed by atoms with Crippen LogP contribution in [0.2, 0.25) is 0 Å². The van der Waals surface area contributed by atoms with Crippen molar-refractivity contribution < 1.29 is 9.59 Å². The van der Waals surface area contributed by atoms with E-state index in [2.05, 4.69) is 17.2 Å². The summed E-state index contributed by atoms with van der Waals surface area (Å²) in [5, 5.41) is 3.27. The highest BCUT2D eigenvalue weighted by molar-refractivity contribution is 7.99. The molecule has 1 heterocycles. The highest BCUT2D eigenvalue weighted by Gasteiger charge is 2.17. The summed E-state index contributed by atoms with van der Waals surface area (Å²) >= 11 is 2.98. The molecule has 1 aromatic heterocycles. The standard InChI is InChI=1S/C21H20N2O2S2/c1-3-26-17-11-9-15(10-12-17)13-18(25)22-21-23-19(20(27-21)14(2)24)16-7-5-4-6-8-16/h4-12H,3,13H2,1-2H3,(H,22,23,25). The number of nitrogens with zero attached hydrogens (tertiary/aromatic N) is 1. The topological polar surface area (TPSA) is 59.1 Å². The highest BCUT2D eigenvalue weighted by Crippen LogP contribution is 2.31. The zero-order valence-electron chi connectivity index (χ0n) is 15.2. The van der Waals surface area contributed by atoms with Crippen LogP contribution < -0.4 is 5.32 Å². The Kier molecular flexibility index (Phi) is 6.42. The minimum atomic E-state index is -0.144. The SMILES string of the molecule is CCSc1ccc(CC(=O)Nc2nc(-c3ccccc3)c(C(C)=O)s2)cc1. The van der Waals surface area contributed by atoms with Crippen LogP contribution in [-0.4, -0.2) is 22.4 Å².